The molecule has 0 radical (unpaired) electrons. The van der Waals surface area contributed by atoms with E-state index in [1.54, 1.807) is 24.3 Å². The number of rotatable bonds is 12. The van der Waals surface area contributed by atoms with Gasteiger partial charge < -0.3 is 29.2 Å². The summed E-state index contributed by atoms with van der Waals surface area (Å²) in [7, 11) is 1.49. The fourth-order valence-corrected chi connectivity index (χ4v) is 2.21. The minimum Gasteiger partial charge on any atom is -0.493 e. The molecule has 0 bridgehead atoms. The number of carbonyl (C=O) groups is 3. The first kappa shape index (κ1) is 23.0. The second-order valence-corrected chi connectivity index (χ2v) is 5.80. The molecule has 0 aliphatic rings. The van der Waals surface area contributed by atoms with Crippen molar-refractivity contribution in [3.05, 3.63) is 48.0 Å². The molecule has 0 fully saturated rings. The third-order valence-corrected chi connectivity index (χ3v) is 3.50. The molecule has 0 aliphatic heterocycles. The lowest BCUT2D eigenvalue weighted by molar-refractivity contribution is -0.140. The van der Waals surface area contributed by atoms with Crippen LogP contribution >= 0.6 is 0 Å². The first-order chi connectivity index (χ1) is 14.9. The molecule has 0 atom stereocenters. The predicted octanol–water partition coefficient (Wildman–Crippen LogP) is 1.15. The second kappa shape index (κ2) is 11.7. The average molecular weight is 432 g/mol. The first-order valence-corrected chi connectivity index (χ1v) is 8.80. The minimum absolute atomic E-state index is 0.0124. The van der Waals surface area contributed by atoms with Crippen molar-refractivity contribution in [2.45, 2.75) is 0 Å². The molecule has 0 unspecified atom stereocenters. The number of ether oxygens (including phenoxy) is 4. The first-order valence-electron chi connectivity index (χ1n) is 8.80. The highest BCUT2D eigenvalue weighted by atomic mass is 16.5. The lowest BCUT2D eigenvalue weighted by Crippen LogP contribution is -2.24. The van der Waals surface area contributed by atoms with Gasteiger partial charge in [0.1, 0.15) is 0 Å². The Morgan fingerprint density at radius 3 is 2.10 bits per heavy atom. The molecule has 2 aromatic rings. The Morgan fingerprint density at radius 2 is 1.45 bits per heavy atom. The number of carboxylic acid groups (broad SMARTS) is 2. The highest BCUT2D eigenvalue weighted by Crippen LogP contribution is 2.28. The monoisotopic (exact) mass is 432 g/mol. The number of carbonyl (C=O) groups excluding carboxylic acids is 1. The van der Waals surface area contributed by atoms with Crippen LogP contribution in [0.1, 0.15) is 5.56 Å². The molecular formula is C20H20N2O9. The van der Waals surface area contributed by atoms with Crippen LogP contribution in [-0.4, -0.2) is 61.2 Å². The van der Waals surface area contributed by atoms with E-state index in [0.29, 0.717) is 17.1 Å². The van der Waals surface area contributed by atoms with E-state index in [1.165, 1.54) is 31.5 Å². The second-order valence-electron chi connectivity index (χ2n) is 5.80. The van der Waals surface area contributed by atoms with Gasteiger partial charge in [0, 0.05) is 0 Å². The number of hydrazone groups is 1. The lowest BCUT2D eigenvalue weighted by atomic mass is 10.2. The summed E-state index contributed by atoms with van der Waals surface area (Å²) >= 11 is 0. The van der Waals surface area contributed by atoms with Crippen LogP contribution in [0.15, 0.2) is 47.6 Å². The number of aliphatic carboxylic acids is 2. The van der Waals surface area contributed by atoms with Crippen molar-refractivity contribution in [2.24, 2.45) is 5.10 Å². The van der Waals surface area contributed by atoms with Crippen molar-refractivity contribution in [1.82, 2.24) is 5.43 Å². The molecule has 0 saturated carbocycles. The van der Waals surface area contributed by atoms with E-state index >= 15 is 0 Å². The SMILES string of the molecule is COc1ccccc1OCC(=O)NN=Cc1ccc(OCC(=O)O)c(OCC(=O)O)c1. The van der Waals surface area contributed by atoms with Crippen LogP contribution in [0, 0.1) is 0 Å². The van der Waals surface area contributed by atoms with Crippen LogP contribution in [0.5, 0.6) is 23.0 Å². The quantitative estimate of drug-likeness (QED) is 0.331. The van der Waals surface area contributed by atoms with Gasteiger partial charge in [0.25, 0.3) is 5.91 Å². The number of para-hydroxylation sites is 2. The molecule has 31 heavy (non-hydrogen) atoms. The third kappa shape index (κ3) is 7.93. The average Bonchev–Trinajstić information content (AvgIpc) is 2.75. The Hall–Kier alpha value is -4.28. The highest BCUT2D eigenvalue weighted by Gasteiger charge is 2.10. The molecule has 0 saturated heterocycles. The molecule has 0 heterocycles. The van der Waals surface area contributed by atoms with Gasteiger partial charge in [0.15, 0.2) is 42.8 Å². The Labute approximate surface area is 176 Å². The number of carboxylic acids is 2. The molecule has 11 heteroatoms. The zero-order valence-electron chi connectivity index (χ0n) is 16.4. The van der Waals surface area contributed by atoms with Gasteiger partial charge in [-0.15, -0.1) is 0 Å². The number of nitrogens with one attached hydrogen (secondary N) is 1. The van der Waals surface area contributed by atoms with Crippen molar-refractivity contribution in [3.63, 3.8) is 0 Å². The maximum absolute atomic E-state index is 11.9. The van der Waals surface area contributed by atoms with Gasteiger partial charge in [-0.3, -0.25) is 4.79 Å². The molecule has 164 valence electrons. The number of amides is 1. The zero-order chi connectivity index (χ0) is 22.6. The Bertz CT molecular complexity index is 959. The van der Waals surface area contributed by atoms with E-state index in [-0.39, 0.29) is 18.1 Å². The van der Waals surface area contributed by atoms with E-state index in [9.17, 15) is 14.4 Å². The summed E-state index contributed by atoms with van der Waals surface area (Å²) in [6.45, 7) is -1.58. The van der Waals surface area contributed by atoms with Crippen LogP contribution in [0.25, 0.3) is 0 Å². The van der Waals surface area contributed by atoms with Gasteiger partial charge in [0.05, 0.1) is 13.3 Å². The topological polar surface area (TPSA) is 153 Å². The summed E-state index contributed by atoms with van der Waals surface area (Å²) < 4.78 is 20.7. The fraction of sp³-hybridized carbons (Fsp3) is 0.200. The Morgan fingerprint density at radius 1 is 0.871 bits per heavy atom. The molecule has 0 aromatic heterocycles. The molecular weight excluding hydrogens is 412 g/mol. The molecule has 0 aliphatic carbocycles. The summed E-state index contributed by atoms with van der Waals surface area (Å²) in [5.41, 5.74) is 2.72. The maximum Gasteiger partial charge on any atom is 0.341 e. The molecule has 3 N–H and O–H groups in total. The summed E-state index contributed by atoms with van der Waals surface area (Å²) in [6.07, 6.45) is 1.29. The molecule has 0 spiro atoms. The van der Waals surface area contributed by atoms with Crippen LogP contribution in [-0.2, 0) is 14.4 Å². The number of methoxy groups -OCH3 is 1. The molecule has 2 aromatic carbocycles. The van der Waals surface area contributed by atoms with Gasteiger partial charge >= 0.3 is 11.9 Å². The smallest absolute Gasteiger partial charge is 0.341 e. The summed E-state index contributed by atoms with van der Waals surface area (Å²) in [5, 5.41) is 21.3. The highest BCUT2D eigenvalue weighted by molar-refractivity contribution is 5.84. The number of nitrogens with zero attached hydrogens (tertiary/aromatic N) is 1. The van der Waals surface area contributed by atoms with E-state index in [1.807, 2.05) is 0 Å². The van der Waals surface area contributed by atoms with Crippen molar-refractivity contribution in [2.75, 3.05) is 26.9 Å². The number of hydrogen-bond donors (Lipinski definition) is 3. The van der Waals surface area contributed by atoms with Gasteiger partial charge in [-0.25, -0.2) is 15.0 Å². The standard InChI is InChI=1S/C20H20N2O9/c1-28-14-4-2-3-5-15(14)29-10-18(23)22-21-9-13-6-7-16(30-11-19(24)25)17(8-13)31-12-20(26)27/h2-9H,10-12H2,1H3,(H,22,23)(H,24,25)(H,26,27). The van der Waals surface area contributed by atoms with Gasteiger partial charge in [-0.05, 0) is 35.9 Å². The number of hydrogen-bond acceptors (Lipinski definition) is 8. The Balaban J connectivity index is 1.96. The van der Waals surface area contributed by atoms with Crippen LogP contribution < -0.4 is 24.4 Å². The lowest BCUT2D eigenvalue weighted by Gasteiger charge is -2.11. The van der Waals surface area contributed by atoms with E-state index in [4.69, 9.17) is 29.2 Å². The van der Waals surface area contributed by atoms with E-state index in [0.717, 1.165) is 0 Å². The molecule has 11 nitrogen and oxygen atoms in total. The maximum atomic E-state index is 11.9. The van der Waals surface area contributed by atoms with E-state index in [2.05, 4.69) is 10.5 Å². The van der Waals surface area contributed by atoms with Crippen LogP contribution in [0.4, 0.5) is 0 Å². The van der Waals surface area contributed by atoms with Gasteiger partial charge in [0.2, 0.25) is 0 Å². The predicted molar refractivity (Wildman–Crippen MR) is 107 cm³/mol. The van der Waals surface area contributed by atoms with Gasteiger partial charge in [-0.1, -0.05) is 12.1 Å². The van der Waals surface area contributed by atoms with Gasteiger partial charge in [-0.2, -0.15) is 5.10 Å². The normalized spacial score (nSPS) is 10.4. The van der Waals surface area contributed by atoms with Crippen molar-refractivity contribution in [1.29, 1.82) is 0 Å². The van der Waals surface area contributed by atoms with Crippen LogP contribution in [0.3, 0.4) is 0 Å². The van der Waals surface area contributed by atoms with Crippen molar-refractivity contribution < 1.29 is 43.5 Å². The third-order valence-electron chi connectivity index (χ3n) is 3.50. The Kier molecular flexibility index (Phi) is 8.65. The molecule has 2 rings (SSSR count). The zero-order valence-corrected chi connectivity index (χ0v) is 16.4. The largest absolute Gasteiger partial charge is 0.493 e. The van der Waals surface area contributed by atoms with Crippen molar-refractivity contribution in [3.8, 4) is 23.0 Å². The van der Waals surface area contributed by atoms with Crippen molar-refractivity contribution >= 4 is 24.1 Å². The molecule has 1 amide bonds. The summed E-state index contributed by atoms with van der Waals surface area (Å²) in [5.74, 6) is -1.99. The minimum atomic E-state index is -1.22. The van der Waals surface area contributed by atoms with Crippen LogP contribution in [0.2, 0.25) is 0 Å². The summed E-state index contributed by atoms with van der Waals surface area (Å²) in [6, 6.07) is 11.2. The fourth-order valence-electron chi connectivity index (χ4n) is 2.21. The van der Waals surface area contributed by atoms with E-state index < -0.39 is 31.1 Å². The number of benzene rings is 2. The summed E-state index contributed by atoms with van der Waals surface area (Å²) in [4.78, 5) is 33.3.